The van der Waals surface area contributed by atoms with E-state index in [1.165, 1.54) is 29.7 Å². The van der Waals surface area contributed by atoms with Crippen LogP contribution in [0, 0.1) is 0 Å². The van der Waals surface area contributed by atoms with Gasteiger partial charge < -0.3 is 5.32 Å². The maximum atomic E-state index is 11.9. The van der Waals surface area contributed by atoms with Crippen LogP contribution in [-0.2, 0) is 0 Å². The molecule has 5 nitrogen and oxygen atoms in total. The number of hydrogen-bond donors (Lipinski definition) is 3. The van der Waals surface area contributed by atoms with Crippen molar-refractivity contribution in [2.24, 2.45) is 0 Å². The third kappa shape index (κ3) is 4.29. The Morgan fingerprint density at radius 3 is 2.09 bits per heavy atom. The van der Waals surface area contributed by atoms with Crippen LogP contribution in [-0.4, -0.2) is 23.6 Å². The average molecular weight is 296 g/mol. The first-order chi connectivity index (χ1) is 10.7. The van der Waals surface area contributed by atoms with Crippen molar-refractivity contribution in [3.05, 3.63) is 77.4 Å². The lowest BCUT2D eigenvalue weighted by atomic mass is 10.1. The molecule has 0 aliphatic rings. The Hall–Kier alpha value is -2.92. The monoisotopic (exact) mass is 296 g/mol. The van der Waals surface area contributed by atoms with Crippen LogP contribution in [0.3, 0.4) is 0 Å². The maximum Gasteiger partial charge on any atom is 0.274 e. The lowest BCUT2D eigenvalue weighted by Gasteiger charge is -2.03. The molecular formula is C17H16N2O3. The molecule has 0 saturated carbocycles. The number of hydroxylamine groups is 1. The molecule has 0 aliphatic heterocycles. The maximum absolute atomic E-state index is 11.9. The molecule has 0 fully saturated rings. The van der Waals surface area contributed by atoms with E-state index in [-0.39, 0.29) is 11.5 Å². The smallest absolute Gasteiger partial charge is 0.274 e. The molecule has 0 aromatic heterocycles. The molecule has 0 spiro atoms. The fraction of sp³-hybridized carbons (Fsp3) is 0.0588. The van der Waals surface area contributed by atoms with E-state index < -0.39 is 5.91 Å². The first-order valence-electron chi connectivity index (χ1n) is 6.75. The second kappa shape index (κ2) is 7.75. The molecule has 0 aliphatic carbocycles. The molecule has 2 aromatic rings. The van der Waals surface area contributed by atoms with Gasteiger partial charge in [0.05, 0.1) is 0 Å². The number of benzene rings is 2. The number of hydrogen-bond acceptors (Lipinski definition) is 3. The van der Waals surface area contributed by atoms with Gasteiger partial charge in [0.2, 0.25) is 0 Å². The standard InChI is InChI=1S/C17H16N2O3/c20-16(14-8-10-15(11-9-14)17(21)19-22)18-12-4-7-13-5-2-1-3-6-13/h1-11,22H,12H2,(H,18,20)(H,19,21). The van der Waals surface area contributed by atoms with Crippen LogP contribution in [0.25, 0.3) is 6.08 Å². The summed E-state index contributed by atoms with van der Waals surface area (Å²) in [5.74, 6) is -0.841. The van der Waals surface area contributed by atoms with Gasteiger partial charge in [-0.15, -0.1) is 0 Å². The Morgan fingerprint density at radius 1 is 0.909 bits per heavy atom. The van der Waals surface area contributed by atoms with Crippen LogP contribution < -0.4 is 10.8 Å². The van der Waals surface area contributed by atoms with Crippen molar-refractivity contribution in [2.75, 3.05) is 6.54 Å². The Bertz CT molecular complexity index is 664. The van der Waals surface area contributed by atoms with E-state index in [4.69, 9.17) is 5.21 Å². The molecule has 0 heterocycles. The zero-order valence-electron chi connectivity index (χ0n) is 11.8. The summed E-state index contributed by atoms with van der Waals surface area (Å²) in [6.45, 7) is 0.409. The highest BCUT2D eigenvalue weighted by Crippen LogP contribution is 2.04. The summed E-state index contributed by atoms with van der Waals surface area (Å²) >= 11 is 0. The van der Waals surface area contributed by atoms with Crippen molar-refractivity contribution >= 4 is 17.9 Å². The highest BCUT2D eigenvalue weighted by atomic mass is 16.5. The second-order valence-corrected chi connectivity index (χ2v) is 4.54. The van der Waals surface area contributed by atoms with Crippen molar-refractivity contribution < 1.29 is 14.8 Å². The normalized spacial score (nSPS) is 10.4. The first-order valence-corrected chi connectivity index (χ1v) is 6.75. The minimum Gasteiger partial charge on any atom is -0.349 e. The molecule has 2 rings (SSSR count). The Balaban J connectivity index is 1.87. The fourth-order valence-corrected chi connectivity index (χ4v) is 1.85. The number of carbonyl (C=O) groups is 2. The van der Waals surface area contributed by atoms with E-state index in [0.717, 1.165) is 5.56 Å². The lowest BCUT2D eigenvalue weighted by molar-refractivity contribution is 0.0706. The van der Waals surface area contributed by atoms with Gasteiger partial charge in [0, 0.05) is 17.7 Å². The molecule has 2 aromatic carbocycles. The zero-order valence-corrected chi connectivity index (χ0v) is 11.8. The van der Waals surface area contributed by atoms with Gasteiger partial charge in [-0.1, -0.05) is 42.5 Å². The first kappa shape index (κ1) is 15.5. The van der Waals surface area contributed by atoms with E-state index in [1.807, 2.05) is 42.5 Å². The van der Waals surface area contributed by atoms with E-state index >= 15 is 0 Å². The fourth-order valence-electron chi connectivity index (χ4n) is 1.85. The summed E-state index contributed by atoms with van der Waals surface area (Å²) in [6.07, 6.45) is 3.79. The van der Waals surface area contributed by atoms with Crippen molar-refractivity contribution in [3.63, 3.8) is 0 Å². The second-order valence-electron chi connectivity index (χ2n) is 4.54. The minimum atomic E-state index is -0.613. The number of amides is 2. The lowest BCUT2D eigenvalue weighted by Crippen LogP contribution is -2.23. The van der Waals surface area contributed by atoms with Gasteiger partial charge in [0.15, 0.2) is 0 Å². The van der Waals surface area contributed by atoms with Gasteiger partial charge in [-0.2, -0.15) is 0 Å². The van der Waals surface area contributed by atoms with Gasteiger partial charge in [0.1, 0.15) is 0 Å². The molecule has 0 bridgehead atoms. The molecule has 22 heavy (non-hydrogen) atoms. The third-order valence-electron chi connectivity index (χ3n) is 3.00. The highest BCUT2D eigenvalue weighted by molar-refractivity contribution is 5.97. The van der Waals surface area contributed by atoms with E-state index in [1.54, 1.807) is 0 Å². The Labute approximate surface area is 128 Å². The van der Waals surface area contributed by atoms with Crippen LogP contribution in [0.2, 0.25) is 0 Å². The number of carbonyl (C=O) groups excluding carboxylic acids is 2. The van der Waals surface area contributed by atoms with Gasteiger partial charge >= 0.3 is 0 Å². The van der Waals surface area contributed by atoms with Crippen LogP contribution in [0.4, 0.5) is 0 Å². The Morgan fingerprint density at radius 2 is 1.50 bits per heavy atom. The molecule has 0 saturated heterocycles. The van der Waals surface area contributed by atoms with Crippen molar-refractivity contribution in [3.8, 4) is 0 Å². The SMILES string of the molecule is O=C(NO)c1ccc(C(=O)NCC=Cc2ccccc2)cc1. The molecule has 0 radical (unpaired) electrons. The van der Waals surface area contributed by atoms with Crippen LogP contribution in [0.5, 0.6) is 0 Å². The summed E-state index contributed by atoms with van der Waals surface area (Å²) in [5, 5.41) is 11.3. The van der Waals surface area contributed by atoms with E-state index in [9.17, 15) is 9.59 Å². The Kier molecular flexibility index (Phi) is 5.45. The molecule has 0 atom stereocenters. The predicted molar refractivity (Wildman–Crippen MR) is 83.5 cm³/mol. The number of nitrogens with one attached hydrogen (secondary N) is 2. The molecule has 3 N–H and O–H groups in total. The third-order valence-corrected chi connectivity index (χ3v) is 3.00. The summed E-state index contributed by atoms with van der Waals surface area (Å²) in [4.78, 5) is 23.1. The summed E-state index contributed by atoms with van der Waals surface area (Å²) in [7, 11) is 0. The van der Waals surface area contributed by atoms with Crippen molar-refractivity contribution in [1.82, 2.24) is 10.8 Å². The zero-order chi connectivity index (χ0) is 15.8. The highest BCUT2D eigenvalue weighted by Gasteiger charge is 2.07. The predicted octanol–water partition coefficient (Wildman–Crippen LogP) is 2.25. The van der Waals surface area contributed by atoms with Crippen LogP contribution in [0.1, 0.15) is 26.3 Å². The summed E-state index contributed by atoms with van der Waals surface area (Å²) < 4.78 is 0. The molecule has 112 valence electrons. The van der Waals surface area contributed by atoms with Gasteiger partial charge in [0.25, 0.3) is 11.8 Å². The molecule has 2 amide bonds. The van der Waals surface area contributed by atoms with Gasteiger partial charge in [-0.3, -0.25) is 14.8 Å². The quantitative estimate of drug-likeness (QED) is 0.585. The van der Waals surface area contributed by atoms with E-state index in [0.29, 0.717) is 12.1 Å². The number of rotatable bonds is 5. The largest absolute Gasteiger partial charge is 0.349 e. The molecular weight excluding hydrogens is 280 g/mol. The topological polar surface area (TPSA) is 78.4 Å². The minimum absolute atomic E-state index is 0.228. The van der Waals surface area contributed by atoms with Crippen LogP contribution >= 0.6 is 0 Å². The van der Waals surface area contributed by atoms with Gasteiger partial charge in [-0.25, -0.2) is 5.48 Å². The van der Waals surface area contributed by atoms with E-state index in [2.05, 4.69) is 5.32 Å². The van der Waals surface area contributed by atoms with Crippen LogP contribution in [0.15, 0.2) is 60.7 Å². The molecule has 5 heteroatoms. The average Bonchev–Trinajstić information content (AvgIpc) is 2.59. The molecule has 0 unspecified atom stereocenters. The van der Waals surface area contributed by atoms with Crippen molar-refractivity contribution in [1.29, 1.82) is 0 Å². The summed E-state index contributed by atoms with van der Waals surface area (Å²) in [5.41, 5.74) is 3.33. The summed E-state index contributed by atoms with van der Waals surface area (Å²) in [6, 6.07) is 15.8. The van der Waals surface area contributed by atoms with Crippen molar-refractivity contribution in [2.45, 2.75) is 0 Å². The van der Waals surface area contributed by atoms with Gasteiger partial charge in [-0.05, 0) is 29.8 Å².